The second-order valence-corrected chi connectivity index (χ2v) is 9.48. The van der Waals surface area contributed by atoms with E-state index < -0.39 is 0 Å². The first-order valence-electron chi connectivity index (χ1n) is 11.0. The minimum absolute atomic E-state index is 0.0272. The molecule has 3 aromatic rings. The maximum absolute atomic E-state index is 13.0. The third-order valence-corrected chi connectivity index (χ3v) is 7.44. The molecular formula is C24H26N4O2S. The third kappa shape index (κ3) is 4.19. The van der Waals surface area contributed by atoms with Crippen molar-refractivity contribution in [3.63, 3.8) is 0 Å². The van der Waals surface area contributed by atoms with Crippen LogP contribution >= 0.6 is 11.8 Å². The second kappa shape index (κ2) is 8.75. The molecule has 31 heavy (non-hydrogen) atoms. The van der Waals surface area contributed by atoms with Gasteiger partial charge in [0, 0.05) is 17.3 Å². The van der Waals surface area contributed by atoms with Crippen molar-refractivity contribution in [2.24, 2.45) is 0 Å². The second-order valence-electron chi connectivity index (χ2n) is 8.31. The van der Waals surface area contributed by atoms with Crippen molar-refractivity contribution < 1.29 is 9.90 Å². The summed E-state index contributed by atoms with van der Waals surface area (Å²) in [5.41, 5.74) is 3.02. The Morgan fingerprint density at radius 1 is 0.968 bits per heavy atom. The van der Waals surface area contributed by atoms with Crippen molar-refractivity contribution in [3.8, 4) is 17.1 Å². The molecule has 2 N–H and O–H groups in total. The predicted octanol–water partition coefficient (Wildman–Crippen LogP) is 5.20. The molecule has 1 aliphatic heterocycles. The van der Waals surface area contributed by atoms with Crippen molar-refractivity contribution in [3.05, 3.63) is 54.1 Å². The van der Waals surface area contributed by atoms with Gasteiger partial charge in [-0.3, -0.25) is 9.36 Å². The third-order valence-electron chi connectivity index (χ3n) is 6.22. The van der Waals surface area contributed by atoms with Gasteiger partial charge in [-0.1, -0.05) is 49.2 Å². The minimum Gasteiger partial charge on any atom is -0.508 e. The number of rotatable bonds is 4. The number of aryl methyl sites for hydroxylation is 1. The molecule has 1 aliphatic carbocycles. The van der Waals surface area contributed by atoms with Gasteiger partial charge < -0.3 is 10.4 Å². The van der Waals surface area contributed by atoms with Crippen LogP contribution in [0.15, 0.2) is 53.7 Å². The number of para-hydroxylation sites is 1. The summed E-state index contributed by atoms with van der Waals surface area (Å²) in [5.74, 6) is 1.07. The number of aromatic hydroxyl groups is 1. The molecule has 1 fully saturated rings. The fraction of sp³-hybridized carbons (Fsp3) is 0.375. The van der Waals surface area contributed by atoms with Gasteiger partial charge in [0.15, 0.2) is 11.0 Å². The van der Waals surface area contributed by atoms with E-state index in [9.17, 15) is 9.90 Å². The standard InChI is InChI=1S/C24H26N4O2S/c29-19-13-10-17(11-14-19)22-26-27-24(28(22)18-7-2-1-3-8-18)31-21-15-12-16-6-4-5-9-20(16)25-23(21)30/h4-6,9-11,13-14,18,21,29H,1-3,7-8,12,15H2,(H,25,30). The normalized spacial score (nSPS) is 19.5. The highest BCUT2D eigenvalue weighted by Gasteiger charge is 2.30. The summed E-state index contributed by atoms with van der Waals surface area (Å²) in [4.78, 5) is 13.0. The average Bonchev–Trinajstić information content (AvgIpc) is 3.14. The minimum atomic E-state index is -0.216. The first kappa shape index (κ1) is 20.1. The lowest BCUT2D eigenvalue weighted by atomic mass is 9.95. The van der Waals surface area contributed by atoms with Crippen LogP contribution in [-0.2, 0) is 11.2 Å². The highest BCUT2D eigenvalue weighted by Crippen LogP contribution is 2.38. The molecule has 7 heteroatoms. The van der Waals surface area contributed by atoms with Crippen LogP contribution in [0, 0.1) is 0 Å². The maximum Gasteiger partial charge on any atom is 0.237 e. The molecule has 160 valence electrons. The van der Waals surface area contributed by atoms with Gasteiger partial charge in [0.25, 0.3) is 0 Å². The van der Waals surface area contributed by atoms with Gasteiger partial charge in [-0.25, -0.2) is 0 Å². The number of hydrogen-bond acceptors (Lipinski definition) is 5. The summed E-state index contributed by atoms with van der Waals surface area (Å²) in [7, 11) is 0. The number of fused-ring (bicyclic) bond motifs is 1. The van der Waals surface area contributed by atoms with E-state index in [4.69, 9.17) is 0 Å². The topological polar surface area (TPSA) is 80.0 Å². The summed E-state index contributed by atoms with van der Waals surface area (Å²) in [6, 6.07) is 15.5. The molecular weight excluding hydrogens is 408 g/mol. The Morgan fingerprint density at radius 3 is 2.55 bits per heavy atom. The average molecular weight is 435 g/mol. The van der Waals surface area contributed by atoms with E-state index in [0.29, 0.717) is 6.04 Å². The Balaban J connectivity index is 1.46. The number of nitrogens with zero attached hydrogens (tertiary/aromatic N) is 3. The van der Waals surface area contributed by atoms with Crippen molar-refractivity contribution in [1.29, 1.82) is 0 Å². The van der Waals surface area contributed by atoms with Crippen LogP contribution in [0.1, 0.15) is 50.1 Å². The summed E-state index contributed by atoms with van der Waals surface area (Å²) in [6.45, 7) is 0. The molecule has 0 bridgehead atoms. The van der Waals surface area contributed by atoms with Gasteiger partial charge in [0.2, 0.25) is 5.91 Å². The number of nitrogens with one attached hydrogen (secondary N) is 1. The molecule has 1 amide bonds. The van der Waals surface area contributed by atoms with Crippen LogP contribution in [0.4, 0.5) is 5.69 Å². The molecule has 0 radical (unpaired) electrons. The lowest BCUT2D eigenvalue weighted by Crippen LogP contribution is -2.24. The summed E-state index contributed by atoms with van der Waals surface area (Å²) in [5, 5.41) is 22.4. The first-order valence-corrected chi connectivity index (χ1v) is 11.9. The van der Waals surface area contributed by atoms with Crippen molar-refractivity contribution >= 4 is 23.4 Å². The number of carbonyl (C=O) groups is 1. The molecule has 6 nitrogen and oxygen atoms in total. The molecule has 2 heterocycles. The van der Waals surface area contributed by atoms with E-state index in [2.05, 4.69) is 26.1 Å². The van der Waals surface area contributed by atoms with Crippen LogP contribution in [0.25, 0.3) is 11.4 Å². The predicted molar refractivity (Wildman–Crippen MR) is 122 cm³/mol. The van der Waals surface area contributed by atoms with Crippen LogP contribution in [0.5, 0.6) is 5.75 Å². The van der Waals surface area contributed by atoms with Gasteiger partial charge in [-0.05, 0) is 61.6 Å². The summed E-state index contributed by atoms with van der Waals surface area (Å²) in [6.07, 6.45) is 7.47. The molecule has 1 saturated carbocycles. The highest BCUT2D eigenvalue weighted by molar-refractivity contribution is 8.00. The van der Waals surface area contributed by atoms with E-state index in [1.807, 2.05) is 30.3 Å². The van der Waals surface area contributed by atoms with Gasteiger partial charge in [-0.2, -0.15) is 0 Å². The SMILES string of the molecule is O=C1Nc2ccccc2CCC1Sc1nnc(-c2ccc(O)cc2)n1C1CCCCC1. The molecule has 0 saturated heterocycles. The van der Waals surface area contributed by atoms with Crippen molar-refractivity contribution in [2.75, 3.05) is 5.32 Å². The molecule has 1 aromatic heterocycles. The smallest absolute Gasteiger partial charge is 0.237 e. The molecule has 1 unspecified atom stereocenters. The molecule has 5 rings (SSSR count). The molecule has 1 atom stereocenters. The molecule has 2 aliphatic rings. The van der Waals surface area contributed by atoms with Crippen LogP contribution in [0.3, 0.4) is 0 Å². The number of phenols is 1. The Hall–Kier alpha value is -2.80. The largest absolute Gasteiger partial charge is 0.508 e. The number of aromatic nitrogens is 3. The van der Waals surface area contributed by atoms with E-state index in [0.717, 1.165) is 47.9 Å². The fourth-order valence-corrected chi connectivity index (χ4v) is 5.66. The first-order chi connectivity index (χ1) is 15.2. The number of amides is 1. The Labute approximate surface area is 186 Å². The molecule has 2 aromatic carbocycles. The summed E-state index contributed by atoms with van der Waals surface area (Å²) >= 11 is 1.52. The zero-order valence-electron chi connectivity index (χ0n) is 17.3. The van der Waals surface area contributed by atoms with Crippen LogP contribution < -0.4 is 5.32 Å². The highest BCUT2D eigenvalue weighted by atomic mass is 32.2. The maximum atomic E-state index is 13.0. The Kier molecular flexibility index (Phi) is 5.68. The van der Waals surface area contributed by atoms with E-state index in [1.165, 1.54) is 36.6 Å². The van der Waals surface area contributed by atoms with Crippen molar-refractivity contribution in [1.82, 2.24) is 14.8 Å². The van der Waals surface area contributed by atoms with Crippen LogP contribution in [-0.4, -0.2) is 31.0 Å². The lowest BCUT2D eigenvalue weighted by molar-refractivity contribution is -0.115. The lowest BCUT2D eigenvalue weighted by Gasteiger charge is -2.26. The Morgan fingerprint density at radius 2 is 1.74 bits per heavy atom. The van der Waals surface area contributed by atoms with Gasteiger partial charge in [0.05, 0.1) is 5.25 Å². The zero-order chi connectivity index (χ0) is 21.2. The summed E-state index contributed by atoms with van der Waals surface area (Å²) < 4.78 is 2.24. The number of hydrogen-bond donors (Lipinski definition) is 2. The number of benzene rings is 2. The van der Waals surface area contributed by atoms with E-state index in [-0.39, 0.29) is 16.9 Å². The van der Waals surface area contributed by atoms with Crippen molar-refractivity contribution in [2.45, 2.75) is 61.4 Å². The fourth-order valence-electron chi connectivity index (χ4n) is 4.56. The van der Waals surface area contributed by atoms with Gasteiger partial charge in [0.1, 0.15) is 5.75 Å². The number of phenolic OH excluding ortho intramolecular Hbond substituents is 1. The van der Waals surface area contributed by atoms with E-state index in [1.54, 1.807) is 12.1 Å². The van der Waals surface area contributed by atoms with Gasteiger partial charge >= 0.3 is 0 Å². The Bertz CT molecular complexity index is 1070. The van der Waals surface area contributed by atoms with E-state index >= 15 is 0 Å². The van der Waals surface area contributed by atoms with Crippen LogP contribution in [0.2, 0.25) is 0 Å². The van der Waals surface area contributed by atoms with Gasteiger partial charge in [-0.15, -0.1) is 10.2 Å². The number of anilines is 1. The number of carbonyl (C=O) groups excluding carboxylic acids is 1. The monoisotopic (exact) mass is 434 g/mol. The number of thioether (sulfide) groups is 1. The quantitative estimate of drug-likeness (QED) is 0.590. The molecule has 0 spiro atoms. The zero-order valence-corrected chi connectivity index (χ0v) is 18.1.